The summed E-state index contributed by atoms with van der Waals surface area (Å²) in [5.41, 5.74) is 3.38. The van der Waals surface area contributed by atoms with Crippen molar-refractivity contribution < 1.29 is 14.3 Å². The summed E-state index contributed by atoms with van der Waals surface area (Å²) in [5, 5.41) is 2.81. The molecule has 2 aromatic carbocycles. The molecule has 0 saturated heterocycles. The second-order valence-corrected chi connectivity index (χ2v) is 7.35. The van der Waals surface area contributed by atoms with Gasteiger partial charge >= 0.3 is 6.09 Å². The summed E-state index contributed by atoms with van der Waals surface area (Å²) in [7, 11) is 0. The van der Waals surface area contributed by atoms with Crippen molar-refractivity contribution in [1.29, 1.82) is 0 Å². The molecule has 0 unspecified atom stereocenters. The van der Waals surface area contributed by atoms with Crippen LogP contribution in [0.1, 0.15) is 37.0 Å². The van der Waals surface area contributed by atoms with Gasteiger partial charge in [-0.1, -0.05) is 74.9 Å². The van der Waals surface area contributed by atoms with Crippen molar-refractivity contribution in [2.45, 2.75) is 45.9 Å². The van der Waals surface area contributed by atoms with Gasteiger partial charge in [0.2, 0.25) is 5.91 Å². The number of carbonyl (C=O) groups is 2. The lowest BCUT2D eigenvalue weighted by Gasteiger charge is -2.33. The molecule has 0 saturated carbocycles. The summed E-state index contributed by atoms with van der Waals surface area (Å²) in [6, 6.07) is 17.1. The number of carbonyl (C=O) groups excluding carboxylic acids is 2. The van der Waals surface area contributed by atoms with Gasteiger partial charge in [-0.25, -0.2) is 4.79 Å². The van der Waals surface area contributed by atoms with Crippen LogP contribution < -0.4 is 5.32 Å². The minimum absolute atomic E-state index is 0.0222. The molecule has 2 aromatic rings. The van der Waals surface area contributed by atoms with Crippen LogP contribution in [-0.4, -0.2) is 29.5 Å². The molecule has 0 radical (unpaired) electrons. The van der Waals surface area contributed by atoms with Crippen molar-refractivity contribution in [3.8, 4) is 0 Å². The van der Waals surface area contributed by atoms with Crippen LogP contribution in [0.5, 0.6) is 0 Å². The molecule has 1 aliphatic rings. The summed E-state index contributed by atoms with van der Waals surface area (Å²) in [4.78, 5) is 27.3. The Labute approximate surface area is 166 Å². The number of amides is 2. The van der Waals surface area contributed by atoms with Crippen LogP contribution in [0.15, 0.2) is 54.6 Å². The highest BCUT2D eigenvalue weighted by Crippen LogP contribution is 2.21. The van der Waals surface area contributed by atoms with E-state index in [9.17, 15) is 9.59 Å². The molecule has 148 valence electrons. The van der Waals surface area contributed by atoms with Crippen molar-refractivity contribution in [3.05, 3.63) is 71.3 Å². The first-order chi connectivity index (χ1) is 13.6. The third-order valence-electron chi connectivity index (χ3n) is 5.41. The van der Waals surface area contributed by atoms with E-state index >= 15 is 0 Å². The molecule has 0 spiro atoms. The summed E-state index contributed by atoms with van der Waals surface area (Å²) < 4.78 is 5.33. The van der Waals surface area contributed by atoms with Crippen LogP contribution in [-0.2, 0) is 29.1 Å². The summed E-state index contributed by atoms with van der Waals surface area (Å²) in [6.07, 6.45) is 1.08. The first-order valence-electron chi connectivity index (χ1n) is 9.91. The van der Waals surface area contributed by atoms with E-state index in [1.54, 1.807) is 0 Å². The first-order valence-corrected chi connectivity index (χ1v) is 9.91. The van der Waals surface area contributed by atoms with E-state index in [0.717, 1.165) is 18.4 Å². The van der Waals surface area contributed by atoms with Crippen LogP contribution in [0, 0.1) is 5.92 Å². The maximum absolute atomic E-state index is 13.2. The highest BCUT2D eigenvalue weighted by molar-refractivity contribution is 5.86. The van der Waals surface area contributed by atoms with Gasteiger partial charge in [0.05, 0.1) is 0 Å². The zero-order valence-corrected chi connectivity index (χ0v) is 16.6. The Morgan fingerprint density at radius 1 is 1.07 bits per heavy atom. The van der Waals surface area contributed by atoms with Crippen molar-refractivity contribution in [2.24, 2.45) is 5.92 Å². The van der Waals surface area contributed by atoms with E-state index < -0.39 is 12.1 Å². The van der Waals surface area contributed by atoms with Crippen LogP contribution in [0.25, 0.3) is 0 Å². The minimum Gasteiger partial charge on any atom is -0.445 e. The Kier molecular flexibility index (Phi) is 6.69. The number of benzene rings is 2. The van der Waals surface area contributed by atoms with Crippen molar-refractivity contribution in [1.82, 2.24) is 10.2 Å². The molecule has 2 atom stereocenters. The number of nitrogens with one attached hydrogen (secondary N) is 1. The highest BCUT2D eigenvalue weighted by atomic mass is 16.5. The molecule has 5 heteroatoms. The van der Waals surface area contributed by atoms with Crippen LogP contribution in [0.2, 0.25) is 0 Å². The molecule has 1 N–H and O–H groups in total. The van der Waals surface area contributed by atoms with Crippen LogP contribution in [0.3, 0.4) is 0 Å². The molecule has 28 heavy (non-hydrogen) atoms. The number of alkyl carbamates (subject to hydrolysis) is 1. The van der Waals surface area contributed by atoms with Gasteiger partial charge in [-0.2, -0.15) is 0 Å². The molecule has 1 aliphatic heterocycles. The van der Waals surface area contributed by atoms with Gasteiger partial charge in [0, 0.05) is 13.1 Å². The van der Waals surface area contributed by atoms with Gasteiger partial charge in [0.1, 0.15) is 12.6 Å². The zero-order valence-electron chi connectivity index (χ0n) is 16.6. The number of hydrogen-bond acceptors (Lipinski definition) is 3. The van der Waals surface area contributed by atoms with E-state index in [4.69, 9.17) is 4.74 Å². The number of ether oxygens (including phenoxy) is 1. The largest absolute Gasteiger partial charge is 0.445 e. The first kappa shape index (κ1) is 19.9. The average Bonchev–Trinajstić information content (AvgIpc) is 2.75. The van der Waals surface area contributed by atoms with Gasteiger partial charge in [-0.3, -0.25) is 4.79 Å². The number of fused-ring (bicyclic) bond motifs is 1. The quantitative estimate of drug-likeness (QED) is 0.826. The molecular formula is C23H28N2O3. The van der Waals surface area contributed by atoms with Gasteiger partial charge in [-0.05, 0) is 29.0 Å². The maximum Gasteiger partial charge on any atom is 0.408 e. The molecule has 5 nitrogen and oxygen atoms in total. The topological polar surface area (TPSA) is 58.6 Å². The molecule has 0 aliphatic carbocycles. The van der Waals surface area contributed by atoms with Gasteiger partial charge in [0.15, 0.2) is 0 Å². The number of nitrogens with zero attached hydrogens (tertiary/aromatic N) is 1. The molecule has 0 fully saturated rings. The molecular weight excluding hydrogens is 352 g/mol. The predicted molar refractivity (Wildman–Crippen MR) is 109 cm³/mol. The minimum atomic E-state index is -0.585. The number of hydrogen-bond donors (Lipinski definition) is 1. The maximum atomic E-state index is 13.2. The average molecular weight is 380 g/mol. The van der Waals surface area contributed by atoms with Crippen molar-refractivity contribution >= 4 is 12.0 Å². The summed E-state index contributed by atoms with van der Waals surface area (Å²) in [5.74, 6) is -0.0190. The third-order valence-corrected chi connectivity index (χ3v) is 5.41. The Morgan fingerprint density at radius 3 is 2.46 bits per heavy atom. The van der Waals surface area contributed by atoms with Crippen molar-refractivity contribution in [3.63, 3.8) is 0 Å². The van der Waals surface area contributed by atoms with E-state index in [1.165, 1.54) is 11.1 Å². The lowest BCUT2D eigenvalue weighted by Crippen LogP contribution is -2.52. The zero-order chi connectivity index (χ0) is 19.9. The molecule has 1 heterocycles. The number of rotatable bonds is 6. The van der Waals surface area contributed by atoms with Crippen molar-refractivity contribution in [2.75, 3.05) is 6.54 Å². The lowest BCUT2D eigenvalue weighted by molar-refractivity contribution is -0.135. The SMILES string of the molecule is CC[C@H](C)[C@H](NC(=O)OCc1ccccc1)C(=O)N1CCc2ccccc2C1. The highest BCUT2D eigenvalue weighted by Gasteiger charge is 2.32. The van der Waals surface area contributed by atoms with E-state index in [1.807, 2.05) is 61.2 Å². The second-order valence-electron chi connectivity index (χ2n) is 7.35. The van der Waals surface area contributed by atoms with E-state index in [-0.39, 0.29) is 18.4 Å². The predicted octanol–water partition coefficient (Wildman–Crippen LogP) is 3.91. The molecule has 3 rings (SSSR count). The van der Waals surface area contributed by atoms with Crippen LogP contribution in [0.4, 0.5) is 4.79 Å². The normalized spacial score (nSPS) is 15.3. The Morgan fingerprint density at radius 2 is 1.75 bits per heavy atom. The standard InChI is InChI=1S/C23H28N2O3/c1-3-17(2)21(24-23(27)28-16-18-9-5-4-6-10-18)22(26)25-14-13-19-11-7-8-12-20(19)15-25/h4-12,17,21H,3,13-16H2,1-2H3,(H,24,27)/t17-,21-/m0/s1. The summed E-state index contributed by atoms with van der Waals surface area (Å²) >= 11 is 0. The molecule has 2 amide bonds. The molecule has 0 aromatic heterocycles. The Hall–Kier alpha value is -2.82. The smallest absolute Gasteiger partial charge is 0.408 e. The summed E-state index contributed by atoms with van der Waals surface area (Å²) in [6.45, 7) is 5.45. The van der Waals surface area contributed by atoms with Gasteiger partial charge in [0.25, 0.3) is 0 Å². The lowest BCUT2D eigenvalue weighted by atomic mass is 9.95. The van der Waals surface area contributed by atoms with Crippen LogP contribution >= 0.6 is 0 Å². The third kappa shape index (κ3) is 4.91. The fourth-order valence-electron chi connectivity index (χ4n) is 3.46. The monoisotopic (exact) mass is 380 g/mol. The van der Waals surface area contributed by atoms with E-state index in [0.29, 0.717) is 13.1 Å². The van der Waals surface area contributed by atoms with Gasteiger partial charge < -0.3 is 15.0 Å². The van der Waals surface area contributed by atoms with E-state index in [2.05, 4.69) is 17.4 Å². The fourth-order valence-corrected chi connectivity index (χ4v) is 3.46. The Balaban J connectivity index is 1.63. The Bertz CT molecular complexity index is 807. The molecule has 0 bridgehead atoms. The fraction of sp³-hybridized carbons (Fsp3) is 0.391. The van der Waals surface area contributed by atoms with Gasteiger partial charge in [-0.15, -0.1) is 0 Å². The second kappa shape index (κ2) is 9.40.